The van der Waals surface area contributed by atoms with Crippen molar-refractivity contribution < 1.29 is 9.53 Å². The number of rotatable bonds is 7. The first-order valence-corrected chi connectivity index (χ1v) is 6.73. The Morgan fingerprint density at radius 1 is 1.25 bits per heavy atom. The van der Waals surface area contributed by atoms with Crippen molar-refractivity contribution in [2.75, 3.05) is 39.6 Å². The molecule has 1 aromatic carbocycles. The lowest BCUT2D eigenvalue weighted by Gasteiger charge is -2.22. The standard InChI is InChI=1S/C15H25N3O2/c1-15(2,16-3)14(19)17-12-6-8-13(9-7-12)20-11-10-18(4)5/h6-9,16H,10-11H2,1-5H3,(H,17,19). The first-order chi connectivity index (χ1) is 9.35. The van der Waals surface area contributed by atoms with E-state index in [0.29, 0.717) is 6.61 Å². The van der Waals surface area contributed by atoms with Gasteiger partial charge in [-0.15, -0.1) is 0 Å². The lowest BCUT2D eigenvalue weighted by atomic mass is 10.1. The normalized spacial score (nSPS) is 11.5. The van der Waals surface area contributed by atoms with E-state index in [2.05, 4.69) is 15.5 Å². The highest BCUT2D eigenvalue weighted by Gasteiger charge is 2.24. The number of carbonyl (C=O) groups is 1. The third-order valence-corrected chi connectivity index (χ3v) is 3.11. The summed E-state index contributed by atoms with van der Waals surface area (Å²) in [6.45, 7) is 5.18. The van der Waals surface area contributed by atoms with Crippen LogP contribution >= 0.6 is 0 Å². The summed E-state index contributed by atoms with van der Waals surface area (Å²) >= 11 is 0. The molecule has 2 N–H and O–H groups in total. The Morgan fingerprint density at radius 2 is 1.85 bits per heavy atom. The van der Waals surface area contributed by atoms with E-state index >= 15 is 0 Å². The second kappa shape index (κ2) is 7.26. The second-order valence-electron chi connectivity index (χ2n) is 5.51. The van der Waals surface area contributed by atoms with Crippen molar-refractivity contribution in [2.24, 2.45) is 0 Å². The molecule has 0 spiro atoms. The Kier molecular flexibility index (Phi) is 5.98. The van der Waals surface area contributed by atoms with Gasteiger partial charge in [0.25, 0.3) is 0 Å². The van der Waals surface area contributed by atoms with E-state index in [4.69, 9.17) is 4.74 Å². The predicted molar refractivity (Wildman–Crippen MR) is 82.3 cm³/mol. The molecule has 5 heteroatoms. The minimum absolute atomic E-state index is 0.0683. The number of carbonyl (C=O) groups excluding carboxylic acids is 1. The maximum Gasteiger partial charge on any atom is 0.244 e. The zero-order valence-electron chi connectivity index (χ0n) is 13.0. The maximum atomic E-state index is 12.0. The first-order valence-electron chi connectivity index (χ1n) is 6.73. The van der Waals surface area contributed by atoms with Crippen LogP contribution in [0.15, 0.2) is 24.3 Å². The van der Waals surface area contributed by atoms with Crippen molar-refractivity contribution >= 4 is 11.6 Å². The predicted octanol–water partition coefficient (Wildman–Crippen LogP) is 1.56. The average molecular weight is 279 g/mol. The van der Waals surface area contributed by atoms with Gasteiger partial charge in [0.1, 0.15) is 12.4 Å². The highest BCUT2D eigenvalue weighted by atomic mass is 16.5. The van der Waals surface area contributed by atoms with Gasteiger partial charge in [0, 0.05) is 12.2 Å². The molecule has 0 fully saturated rings. The van der Waals surface area contributed by atoms with Crippen molar-refractivity contribution in [3.8, 4) is 5.75 Å². The monoisotopic (exact) mass is 279 g/mol. The Labute approximate surface area is 121 Å². The molecule has 0 unspecified atom stereocenters. The first kappa shape index (κ1) is 16.5. The average Bonchev–Trinajstić information content (AvgIpc) is 2.40. The lowest BCUT2D eigenvalue weighted by Crippen LogP contribution is -2.47. The summed E-state index contributed by atoms with van der Waals surface area (Å²) in [5, 5.41) is 5.84. The summed E-state index contributed by atoms with van der Waals surface area (Å²) < 4.78 is 5.60. The van der Waals surface area contributed by atoms with Gasteiger partial charge in [-0.2, -0.15) is 0 Å². The molecule has 1 amide bonds. The Bertz CT molecular complexity index is 427. The highest BCUT2D eigenvalue weighted by Crippen LogP contribution is 2.17. The summed E-state index contributed by atoms with van der Waals surface area (Å²) in [7, 11) is 5.78. The molecule has 0 saturated heterocycles. The van der Waals surface area contributed by atoms with Crippen LogP contribution in [0.3, 0.4) is 0 Å². The molecule has 1 rings (SSSR count). The number of hydrogen-bond acceptors (Lipinski definition) is 4. The quantitative estimate of drug-likeness (QED) is 0.795. The SMILES string of the molecule is CNC(C)(C)C(=O)Nc1ccc(OCCN(C)C)cc1. The number of hydrogen-bond donors (Lipinski definition) is 2. The third kappa shape index (κ3) is 5.19. The van der Waals surface area contributed by atoms with Gasteiger partial charge in [-0.05, 0) is 59.3 Å². The molecule has 0 heterocycles. The molecular formula is C15H25N3O2. The topological polar surface area (TPSA) is 53.6 Å². The molecule has 20 heavy (non-hydrogen) atoms. The zero-order chi connectivity index (χ0) is 15.2. The van der Waals surface area contributed by atoms with Crippen molar-refractivity contribution in [3.63, 3.8) is 0 Å². The Morgan fingerprint density at radius 3 is 2.35 bits per heavy atom. The van der Waals surface area contributed by atoms with Crippen LogP contribution in [0.2, 0.25) is 0 Å². The van der Waals surface area contributed by atoms with Gasteiger partial charge in [-0.3, -0.25) is 4.79 Å². The molecule has 0 aromatic heterocycles. The van der Waals surface area contributed by atoms with E-state index < -0.39 is 5.54 Å². The summed E-state index contributed by atoms with van der Waals surface area (Å²) in [5.74, 6) is 0.735. The zero-order valence-corrected chi connectivity index (χ0v) is 13.0. The van der Waals surface area contributed by atoms with Gasteiger partial charge in [-0.25, -0.2) is 0 Å². The van der Waals surface area contributed by atoms with E-state index in [0.717, 1.165) is 18.0 Å². The molecule has 5 nitrogen and oxygen atoms in total. The number of anilines is 1. The van der Waals surface area contributed by atoms with Crippen LogP contribution in [0.5, 0.6) is 5.75 Å². The largest absolute Gasteiger partial charge is 0.492 e. The van der Waals surface area contributed by atoms with Crippen LogP contribution < -0.4 is 15.4 Å². The number of nitrogens with one attached hydrogen (secondary N) is 2. The Balaban J connectivity index is 2.52. The molecule has 0 aliphatic heterocycles. The molecule has 1 aromatic rings. The van der Waals surface area contributed by atoms with Crippen LogP contribution in [0.4, 0.5) is 5.69 Å². The van der Waals surface area contributed by atoms with Crippen molar-refractivity contribution in [2.45, 2.75) is 19.4 Å². The summed E-state index contributed by atoms with van der Waals surface area (Å²) in [6, 6.07) is 7.40. The molecule has 0 radical (unpaired) electrons. The third-order valence-electron chi connectivity index (χ3n) is 3.11. The molecular weight excluding hydrogens is 254 g/mol. The second-order valence-corrected chi connectivity index (χ2v) is 5.51. The Hall–Kier alpha value is -1.59. The number of likely N-dealkylation sites (N-methyl/N-ethyl adjacent to an activating group) is 2. The van der Waals surface area contributed by atoms with Gasteiger partial charge in [0.05, 0.1) is 5.54 Å². The van der Waals surface area contributed by atoms with E-state index in [1.54, 1.807) is 7.05 Å². The van der Waals surface area contributed by atoms with Crippen molar-refractivity contribution in [1.29, 1.82) is 0 Å². The summed E-state index contributed by atoms with van der Waals surface area (Å²) in [6.07, 6.45) is 0. The fourth-order valence-corrected chi connectivity index (χ4v) is 1.38. The molecule has 0 bridgehead atoms. The van der Waals surface area contributed by atoms with Gasteiger partial charge < -0.3 is 20.3 Å². The van der Waals surface area contributed by atoms with Gasteiger partial charge in [0.2, 0.25) is 5.91 Å². The van der Waals surface area contributed by atoms with E-state index in [1.807, 2.05) is 52.2 Å². The van der Waals surface area contributed by atoms with Gasteiger partial charge in [-0.1, -0.05) is 0 Å². The van der Waals surface area contributed by atoms with E-state index in [1.165, 1.54) is 0 Å². The van der Waals surface area contributed by atoms with Gasteiger partial charge in [0.15, 0.2) is 0 Å². The molecule has 0 aliphatic rings. The van der Waals surface area contributed by atoms with Crippen LogP contribution in [-0.4, -0.2) is 50.6 Å². The highest BCUT2D eigenvalue weighted by molar-refractivity contribution is 5.97. The molecule has 0 atom stereocenters. The number of benzene rings is 1. The van der Waals surface area contributed by atoms with Crippen LogP contribution in [-0.2, 0) is 4.79 Å². The summed E-state index contributed by atoms with van der Waals surface area (Å²) in [5.41, 5.74) is 0.166. The van der Waals surface area contributed by atoms with Gasteiger partial charge >= 0.3 is 0 Å². The number of nitrogens with zero attached hydrogens (tertiary/aromatic N) is 1. The fraction of sp³-hybridized carbons (Fsp3) is 0.533. The fourth-order valence-electron chi connectivity index (χ4n) is 1.38. The van der Waals surface area contributed by atoms with E-state index in [-0.39, 0.29) is 5.91 Å². The molecule has 0 saturated carbocycles. The lowest BCUT2D eigenvalue weighted by molar-refractivity contribution is -0.121. The minimum Gasteiger partial charge on any atom is -0.492 e. The van der Waals surface area contributed by atoms with Crippen molar-refractivity contribution in [3.05, 3.63) is 24.3 Å². The summed E-state index contributed by atoms with van der Waals surface area (Å²) in [4.78, 5) is 14.1. The number of amides is 1. The maximum absolute atomic E-state index is 12.0. The smallest absolute Gasteiger partial charge is 0.244 e. The molecule has 112 valence electrons. The van der Waals surface area contributed by atoms with E-state index in [9.17, 15) is 4.79 Å². The van der Waals surface area contributed by atoms with Crippen LogP contribution in [0.1, 0.15) is 13.8 Å². The minimum atomic E-state index is -0.596. The van der Waals surface area contributed by atoms with Crippen LogP contribution in [0.25, 0.3) is 0 Å². The molecule has 0 aliphatic carbocycles. The number of ether oxygens (including phenoxy) is 1. The van der Waals surface area contributed by atoms with Crippen LogP contribution in [0, 0.1) is 0 Å². The van der Waals surface area contributed by atoms with Crippen molar-refractivity contribution in [1.82, 2.24) is 10.2 Å².